The second kappa shape index (κ2) is 1.47. The molecule has 2 atom stereocenters. The smallest absolute Gasteiger partial charge is 0.0432 e. The summed E-state index contributed by atoms with van der Waals surface area (Å²) in [5.41, 5.74) is 0. The van der Waals surface area contributed by atoms with Crippen LogP contribution in [0.5, 0.6) is 0 Å². The van der Waals surface area contributed by atoms with Gasteiger partial charge in [0.15, 0.2) is 0 Å². The Bertz CT molecular complexity index is 103. The third-order valence-electron chi connectivity index (χ3n) is 1.60. The fourth-order valence-electron chi connectivity index (χ4n) is 0.554. The van der Waals surface area contributed by atoms with Gasteiger partial charge in [-0.1, -0.05) is 41.7 Å². The first-order chi connectivity index (χ1) is 3.13. The molecule has 40 valence electrons. The number of halogens is 1. The van der Waals surface area contributed by atoms with Crippen molar-refractivity contribution in [2.24, 2.45) is 5.92 Å². The molecule has 0 heterocycles. The topological polar surface area (TPSA) is 0 Å². The molecule has 2 unspecified atom stereocenters. The summed E-state index contributed by atoms with van der Waals surface area (Å²) in [4.78, 5) is 0. The van der Waals surface area contributed by atoms with Crippen LogP contribution in [0.4, 0.5) is 0 Å². The van der Waals surface area contributed by atoms with E-state index in [0.29, 0.717) is 3.42 Å². The van der Waals surface area contributed by atoms with Gasteiger partial charge < -0.3 is 0 Å². The largest absolute Gasteiger partial charge is 0.0827 e. The molecule has 0 bridgehead atoms. The number of hydrogen-bond donors (Lipinski definition) is 0. The highest BCUT2D eigenvalue weighted by Crippen LogP contribution is 2.37. The van der Waals surface area contributed by atoms with E-state index >= 15 is 0 Å². The minimum atomic E-state index is 0.470. The molecule has 1 rings (SSSR count). The zero-order valence-corrected chi connectivity index (χ0v) is 6.77. The van der Waals surface area contributed by atoms with Gasteiger partial charge in [0.25, 0.3) is 0 Å². The Hall–Kier alpha value is 0.470. The van der Waals surface area contributed by atoms with Gasteiger partial charge in [-0.05, 0) is 12.8 Å². The summed E-state index contributed by atoms with van der Waals surface area (Å²) in [5, 5.41) is 0. The molecule has 7 heavy (non-hydrogen) atoms. The van der Waals surface area contributed by atoms with Gasteiger partial charge in [0, 0.05) is 3.42 Å². The van der Waals surface area contributed by atoms with Gasteiger partial charge in [0.2, 0.25) is 0 Å². The lowest BCUT2D eigenvalue weighted by atomic mass is 9.85. The molecule has 0 amide bonds. The minimum absolute atomic E-state index is 0.470. The van der Waals surface area contributed by atoms with Crippen LogP contribution in [-0.4, -0.2) is 3.42 Å². The highest BCUT2D eigenvalue weighted by atomic mass is 127. The third kappa shape index (κ3) is 0.831. The first-order valence-electron chi connectivity index (χ1n) is 2.51. The van der Waals surface area contributed by atoms with E-state index < -0.39 is 0 Å². The first kappa shape index (κ1) is 5.60. The van der Waals surface area contributed by atoms with E-state index in [9.17, 15) is 0 Å². The number of alkyl halides is 1. The highest BCUT2D eigenvalue weighted by molar-refractivity contribution is 14.1. The second-order valence-corrected chi connectivity index (χ2v) is 4.62. The monoisotopic (exact) mass is 208 g/mol. The van der Waals surface area contributed by atoms with E-state index in [1.54, 1.807) is 0 Å². The van der Waals surface area contributed by atoms with Crippen molar-refractivity contribution in [2.75, 3.05) is 0 Å². The molecule has 0 nitrogen and oxygen atoms in total. The van der Waals surface area contributed by atoms with Gasteiger partial charge >= 0.3 is 0 Å². The van der Waals surface area contributed by atoms with Crippen LogP contribution >= 0.6 is 22.6 Å². The Balaban J connectivity index is 2.64. The maximum Gasteiger partial charge on any atom is 0.0432 e. The van der Waals surface area contributed by atoms with Crippen molar-refractivity contribution in [1.29, 1.82) is 0 Å². The molecule has 1 heteroatoms. The molecule has 0 saturated heterocycles. The van der Waals surface area contributed by atoms with Gasteiger partial charge in [-0.15, -0.1) is 0 Å². The fraction of sp³-hybridized carbons (Fsp3) is 0.667. The highest BCUT2D eigenvalue weighted by Gasteiger charge is 2.29. The lowest BCUT2D eigenvalue weighted by molar-refractivity contribution is 0.574. The van der Waals surface area contributed by atoms with Crippen molar-refractivity contribution in [3.8, 4) is 0 Å². The van der Waals surface area contributed by atoms with Crippen molar-refractivity contribution >= 4 is 22.6 Å². The van der Waals surface area contributed by atoms with Crippen molar-refractivity contribution in [3.63, 3.8) is 0 Å². The van der Waals surface area contributed by atoms with Crippen molar-refractivity contribution in [3.05, 3.63) is 12.2 Å². The molecule has 0 aromatic carbocycles. The summed E-state index contributed by atoms with van der Waals surface area (Å²) in [6.07, 6.45) is 4.49. The van der Waals surface area contributed by atoms with Gasteiger partial charge in [-0.25, -0.2) is 0 Å². The predicted molar refractivity (Wildman–Crippen MR) is 40.7 cm³/mol. The summed E-state index contributed by atoms with van der Waals surface area (Å²) < 4.78 is 0.470. The molecular formula is C6H9I. The predicted octanol–water partition coefficient (Wildman–Crippen LogP) is 2.39. The summed E-state index contributed by atoms with van der Waals surface area (Å²) in [5.74, 6) is 0.785. The van der Waals surface area contributed by atoms with Crippen molar-refractivity contribution in [1.82, 2.24) is 0 Å². The van der Waals surface area contributed by atoms with E-state index in [-0.39, 0.29) is 0 Å². The Morgan fingerprint density at radius 2 is 2.14 bits per heavy atom. The van der Waals surface area contributed by atoms with Crippen LogP contribution in [0.3, 0.4) is 0 Å². The normalized spacial score (nSPS) is 48.7. The van der Waals surface area contributed by atoms with Crippen LogP contribution in [0.2, 0.25) is 0 Å². The minimum Gasteiger partial charge on any atom is -0.0827 e. The summed E-state index contributed by atoms with van der Waals surface area (Å²) in [7, 11) is 0. The number of allylic oxidation sites excluding steroid dienone is 2. The van der Waals surface area contributed by atoms with Gasteiger partial charge in [-0.2, -0.15) is 0 Å². The SMILES string of the molecule is CC1C=CC1(C)I. The second-order valence-electron chi connectivity index (χ2n) is 2.30. The molecule has 0 aromatic heterocycles. The molecule has 0 aromatic rings. The van der Waals surface area contributed by atoms with Crippen LogP contribution in [0.15, 0.2) is 12.2 Å². The zero-order valence-electron chi connectivity index (χ0n) is 4.61. The number of hydrogen-bond acceptors (Lipinski definition) is 0. The lowest BCUT2D eigenvalue weighted by Gasteiger charge is -2.31. The molecular weight excluding hydrogens is 199 g/mol. The van der Waals surface area contributed by atoms with Crippen molar-refractivity contribution in [2.45, 2.75) is 17.3 Å². The first-order valence-corrected chi connectivity index (χ1v) is 3.59. The van der Waals surface area contributed by atoms with E-state index in [0.717, 1.165) is 5.92 Å². The maximum absolute atomic E-state index is 2.47. The quantitative estimate of drug-likeness (QED) is 0.325. The number of rotatable bonds is 0. The van der Waals surface area contributed by atoms with Crippen LogP contribution in [-0.2, 0) is 0 Å². The molecule has 0 aliphatic heterocycles. The zero-order chi connectivity index (χ0) is 5.49. The molecule has 1 aliphatic rings. The fourth-order valence-corrected chi connectivity index (χ4v) is 0.969. The van der Waals surface area contributed by atoms with Crippen LogP contribution < -0.4 is 0 Å². The molecule has 0 radical (unpaired) electrons. The molecule has 1 aliphatic carbocycles. The van der Waals surface area contributed by atoms with E-state index in [4.69, 9.17) is 0 Å². The van der Waals surface area contributed by atoms with Crippen LogP contribution in [0, 0.1) is 5.92 Å². The van der Waals surface area contributed by atoms with Gasteiger partial charge in [-0.3, -0.25) is 0 Å². The van der Waals surface area contributed by atoms with E-state index in [2.05, 4.69) is 48.6 Å². The van der Waals surface area contributed by atoms with Crippen molar-refractivity contribution < 1.29 is 0 Å². The van der Waals surface area contributed by atoms with Gasteiger partial charge in [0.1, 0.15) is 0 Å². The molecule has 0 saturated carbocycles. The lowest BCUT2D eigenvalue weighted by Crippen LogP contribution is -2.28. The Morgan fingerprint density at radius 1 is 1.71 bits per heavy atom. The summed E-state index contributed by atoms with van der Waals surface area (Å²) in [6.45, 7) is 4.49. The molecule has 0 N–H and O–H groups in total. The van der Waals surface area contributed by atoms with E-state index in [1.165, 1.54) is 0 Å². The Morgan fingerprint density at radius 3 is 2.14 bits per heavy atom. The third-order valence-corrected chi connectivity index (χ3v) is 2.94. The maximum atomic E-state index is 2.47. The van der Waals surface area contributed by atoms with Gasteiger partial charge in [0.05, 0.1) is 0 Å². The standard InChI is InChI=1S/C6H9I/c1-5-3-4-6(5,2)7/h3-5H,1-2H3. The Labute approximate surface area is 58.1 Å². The van der Waals surface area contributed by atoms with Crippen LogP contribution in [0.1, 0.15) is 13.8 Å². The average molecular weight is 208 g/mol. The average Bonchev–Trinajstić information content (AvgIpc) is 1.63. The van der Waals surface area contributed by atoms with E-state index in [1.807, 2.05) is 0 Å². The summed E-state index contributed by atoms with van der Waals surface area (Å²) in [6, 6.07) is 0. The summed E-state index contributed by atoms with van der Waals surface area (Å²) >= 11 is 2.47. The Kier molecular flexibility index (Phi) is 1.18. The molecule has 0 spiro atoms. The molecule has 0 fully saturated rings. The van der Waals surface area contributed by atoms with Crippen LogP contribution in [0.25, 0.3) is 0 Å².